The van der Waals surface area contributed by atoms with Gasteiger partial charge in [-0.1, -0.05) is 24.3 Å². The first-order chi connectivity index (χ1) is 15.2. The number of aromatic hydroxyl groups is 1. The van der Waals surface area contributed by atoms with Gasteiger partial charge in [-0.05, 0) is 60.2 Å². The fourth-order valence-electron chi connectivity index (χ4n) is 4.11. The van der Waals surface area contributed by atoms with Gasteiger partial charge in [0.1, 0.15) is 11.8 Å². The average molecular weight is 428 g/mol. The summed E-state index contributed by atoms with van der Waals surface area (Å²) >= 11 is 5.74. The van der Waals surface area contributed by atoms with E-state index in [1.165, 1.54) is 0 Å². The van der Waals surface area contributed by atoms with E-state index in [1.54, 1.807) is 18.5 Å². The molecule has 1 fully saturated rings. The van der Waals surface area contributed by atoms with Gasteiger partial charge in [0.05, 0.1) is 17.4 Å². The minimum absolute atomic E-state index is 0.171. The van der Waals surface area contributed by atoms with Gasteiger partial charge in [0, 0.05) is 37.0 Å². The van der Waals surface area contributed by atoms with Crippen molar-refractivity contribution in [3.63, 3.8) is 0 Å². The zero-order valence-corrected chi connectivity index (χ0v) is 17.5. The van der Waals surface area contributed by atoms with Crippen LogP contribution < -0.4 is 10.2 Å². The Bertz CT molecular complexity index is 1190. The number of aromatic nitrogens is 3. The molecule has 4 aromatic rings. The first-order valence-electron chi connectivity index (χ1n) is 10.0. The lowest BCUT2D eigenvalue weighted by Gasteiger charge is -2.29. The highest BCUT2D eigenvalue weighted by atomic mass is 32.1. The molecule has 0 radical (unpaired) electrons. The molecule has 2 N–H and O–H groups in total. The summed E-state index contributed by atoms with van der Waals surface area (Å²) in [5.41, 5.74) is 3.73. The smallest absolute Gasteiger partial charge is 0.174 e. The maximum atomic E-state index is 10.6. The lowest BCUT2D eigenvalue weighted by atomic mass is 10.0. The zero-order chi connectivity index (χ0) is 21.2. The molecule has 1 saturated heterocycles. The van der Waals surface area contributed by atoms with E-state index in [4.69, 9.17) is 12.2 Å². The largest absolute Gasteiger partial charge is 0.506 e. The number of phenols is 1. The molecule has 2 atom stereocenters. The lowest BCUT2D eigenvalue weighted by molar-refractivity contribution is 0.471. The molecule has 31 heavy (non-hydrogen) atoms. The Morgan fingerprint density at radius 1 is 0.968 bits per heavy atom. The Labute approximate surface area is 185 Å². The maximum Gasteiger partial charge on any atom is 0.174 e. The van der Waals surface area contributed by atoms with Crippen LogP contribution in [0.5, 0.6) is 5.75 Å². The molecule has 0 amide bonds. The molecule has 154 valence electrons. The number of thiocarbonyl (C=S) groups is 1. The molecular weight excluding hydrogens is 406 g/mol. The fraction of sp³-hybridized carbons (Fsp3) is 0.125. The molecule has 0 saturated carbocycles. The van der Waals surface area contributed by atoms with Crippen LogP contribution in [-0.4, -0.2) is 24.8 Å². The summed E-state index contributed by atoms with van der Waals surface area (Å²) in [6, 6.07) is 20.9. The average Bonchev–Trinajstić information content (AvgIpc) is 3.39. The van der Waals surface area contributed by atoms with E-state index >= 15 is 0 Å². The van der Waals surface area contributed by atoms with Gasteiger partial charge >= 0.3 is 0 Å². The van der Waals surface area contributed by atoms with Crippen LogP contribution in [0.2, 0.25) is 0 Å². The van der Waals surface area contributed by atoms with Crippen molar-refractivity contribution in [1.29, 1.82) is 0 Å². The molecule has 4 heterocycles. The number of para-hydroxylation sites is 2. The second-order valence-electron chi connectivity index (χ2n) is 7.41. The van der Waals surface area contributed by atoms with Crippen LogP contribution in [-0.2, 0) is 6.54 Å². The second kappa shape index (κ2) is 8.20. The van der Waals surface area contributed by atoms with Gasteiger partial charge in [-0.3, -0.25) is 9.97 Å². The van der Waals surface area contributed by atoms with E-state index in [0.717, 1.165) is 17.0 Å². The predicted octanol–water partition coefficient (Wildman–Crippen LogP) is 4.21. The topological polar surface area (TPSA) is 66.2 Å². The molecule has 1 aliphatic heterocycles. The Kier molecular flexibility index (Phi) is 5.09. The first kappa shape index (κ1) is 19.3. The quantitative estimate of drug-likeness (QED) is 0.465. The minimum Gasteiger partial charge on any atom is -0.506 e. The molecule has 3 aromatic heterocycles. The number of pyridine rings is 2. The molecule has 0 unspecified atom stereocenters. The van der Waals surface area contributed by atoms with Crippen LogP contribution in [0.1, 0.15) is 29.0 Å². The molecule has 7 heteroatoms. The van der Waals surface area contributed by atoms with Gasteiger partial charge in [0.15, 0.2) is 5.11 Å². The molecule has 1 aliphatic rings. The van der Waals surface area contributed by atoms with Gasteiger partial charge in [0.2, 0.25) is 0 Å². The van der Waals surface area contributed by atoms with E-state index in [-0.39, 0.29) is 17.8 Å². The Morgan fingerprint density at radius 2 is 1.84 bits per heavy atom. The van der Waals surface area contributed by atoms with Crippen molar-refractivity contribution in [2.45, 2.75) is 18.6 Å². The highest BCUT2D eigenvalue weighted by Crippen LogP contribution is 2.44. The van der Waals surface area contributed by atoms with E-state index in [9.17, 15) is 5.11 Å². The number of phenolic OH excluding ortho intramolecular Hbond substituents is 1. The standard InChI is InChI=1S/C24H21N5OS/c30-21-11-2-1-9-19(21)29-23(22(27-24(29)31)18-8-3-4-13-26-18)20-10-6-14-28(20)16-17-7-5-12-25-15-17/h1-15,22-23,30H,16H2,(H,27,31)/t22-,23-/m0/s1. The molecule has 6 nitrogen and oxygen atoms in total. The normalized spacial score (nSPS) is 18.2. The van der Waals surface area contributed by atoms with E-state index < -0.39 is 0 Å². The summed E-state index contributed by atoms with van der Waals surface area (Å²) in [5, 5.41) is 14.6. The van der Waals surface area contributed by atoms with E-state index in [1.807, 2.05) is 59.6 Å². The number of rotatable bonds is 5. The van der Waals surface area contributed by atoms with Crippen molar-refractivity contribution in [3.8, 4) is 5.75 Å². The third-order valence-electron chi connectivity index (χ3n) is 5.48. The summed E-state index contributed by atoms with van der Waals surface area (Å²) in [6.07, 6.45) is 7.49. The summed E-state index contributed by atoms with van der Waals surface area (Å²) in [6.45, 7) is 0.684. The number of nitrogens with zero attached hydrogens (tertiary/aromatic N) is 4. The third kappa shape index (κ3) is 3.64. The van der Waals surface area contributed by atoms with E-state index in [0.29, 0.717) is 17.3 Å². The van der Waals surface area contributed by atoms with Crippen LogP contribution in [0.15, 0.2) is 91.5 Å². The Hall–Kier alpha value is -3.71. The van der Waals surface area contributed by atoms with Crippen molar-refractivity contribution in [2.24, 2.45) is 0 Å². The van der Waals surface area contributed by atoms with Crippen molar-refractivity contribution in [1.82, 2.24) is 19.9 Å². The number of anilines is 1. The number of hydrogen-bond acceptors (Lipinski definition) is 4. The van der Waals surface area contributed by atoms with Crippen LogP contribution in [0.4, 0.5) is 5.69 Å². The van der Waals surface area contributed by atoms with Gasteiger partial charge in [-0.15, -0.1) is 0 Å². The molecular formula is C24H21N5OS. The lowest BCUT2D eigenvalue weighted by Crippen LogP contribution is -2.30. The van der Waals surface area contributed by atoms with Gasteiger partial charge in [0.25, 0.3) is 0 Å². The maximum absolute atomic E-state index is 10.6. The van der Waals surface area contributed by atoms with Crippen molar-refractivity contribution in [3.05, 3.63) is 108 Å². The summed E-state index contributed by atoms with van der Waals surface area (Å²) in [7, 11) is 0. The SMILES string of the molecule is Oc1ccccc1N1C(=S)N[C@@H](c2ccccn2)[C@@H]1c1cccn1Cc1cccnc1. The van der Waals surface area contributed by atoms with Crippen LogP contribution >= 0.6 is 12.2 Å². The highest BCUT2D eigenvalue weighted by molar-refractivity contribution is 7.80. The van der Waals surface area contributed by atoms with Crippen molar-refractivity contribution >= 4 is 23.0 Å². The number of benzene rings is 1. The van der Waals surface area contributed by atoms with Crippen molar-refractivity contribution in [2.75, 3.05) is 4.90 Å². The minimum atomic E-state index is -0.192. The van der Waals surface area contributed by atoms with Crippen molar-refractivity contribution < 1.29 is 5.11 Å². The summed E-state index contributed by atoms with van der Waals surface area (Å²) < 4.78 is 2.19. The monoisotopic (exact) mass is 427 g/mol. The second-order valence-corrected chi connectivity index (χ2v) is 7.79. The predicted molar refractivity (Wildman–Crippen MR) is 124 cm³/mol. The molecule has 1 aromatic carbocycles. The molecule has 5 rings (SSSR count). The van der Waals surface area contributed by atoms with Gasteiger partial charge in [-0.25, -0.2) is 0 Å². The molecule has 0 spiro atoms. The van der Waals surface area contributed by atoms with E-state index in [2.05, 4.69) is 38.2 Å². The summed E-state index contributed by atoms with van der Waals surface area (Å²) in [5.74, 6) is 0.184. The zero-order valence-electron chi connectivity index (χ0n) is 16.7. The Morgan fingerprint density at radius 3 is 2.61 bits per heavy atom. The van der Waals surface area contributed by atoms with Gasteiger partial charge in [-0.2, -0.15) is 0 Å². The van der Waals surface area contributed by atoms with Crippen LogP contribution in [0.3, 0.4) is 0 Å². The number of hydrogen-bond donors (Lipinski definition) is 2. The first-order valence-corrected chi connectivity index (χ1v) is 10.5. The number of nitrogens with one attached hydrogen (secondary N) is 1. The van der Waals surface area contributed by atoms with Crippen LogP contribution in [0, 0.1) is 0 Å². The Balaban J connectivity index is 1.62. The van der Waals surface area contributed by atoms with Gasteiger partial charge < -0.3 is 19.9 Å². The molecule has 0 aliphatic carbocycles. The fourth-order valence-corrected chi connectivity index (χ4v) is 4.45. The summed E-state index contributed by atoms with van der Waals surface area (Å²) in [4.78, 5) is 10.8. The molecule has 0 bridgehead atoms. The third-order valence-corrected chi connectivity index (χ3v) is 5.80. The van der Waals surface area contributed by atoms with Crippen LogP contribution in [0.25, 0.3) is 0 Å². The highest BCUT2D eigenvalue weighted by Gasteiger charge is 2.42.